The van der Waals surface area contributed by atoms with Gasteiger partial charge < -0.3 is 19.9 Å². The van der Waals surface area contributed by atoms with Gasteiger partial charge in [0, 0.05) is 43.7 Å². The summed E-state index contributed by atoms with van der Waals surface area (Å²) in [5, 5.41) is 3.94. The molecule has 6 nitrogen and oxygen atoms in total. The number of ether oxygens (including phenoxy) is 1. The van der Waals surface area contributed by atoms with E-state index in [4.69, 9.17) is 27.9 Å². The maximum absolute atomic E-state index is 12.8. The molecule has 0 spiro atoms. The van der Waals surface area contributed by atoms with Crippen LogP contribution >= 0.6 is 23.2 Å². The third-order valence-electron chi connectivity index (χ3n) is 5.89. The fourth-order valence-corrected chi connectivity index (χ4v) is 4.52. The van der Waals surface area contributed by atoms with Gasteiger partial charge >= 0.3 is 6.03 Å². The molecule has 2 aromatic rings. The van der Waals surface area contributed by atoms with Crippen LogP contribution in [0.5, 0.6) is 0 Å². The number of rotatable bonds is 6. The summed E-state index contributed by atoms with van der Waals surface area (Å²) in [5.41, 5.74) is 3.39. The monoisotopic (exact) mass is 464 g/mol. The number of likely N-dealkylation sites (tertiary alicyclic amines) is 1. The van der Waals surface area contributed by atoms with Crippen molar-refractivity contribution >= 4 is 29.2 Å². The molecule has 1 unspecified atom stereocenters. The van der Waals surface area contributed by atoms with E-state index in [9.17, 15) is 4.79 Å². The molecule has 2 heterocycles. The first kappa shape index (κ1) is 23.8. The Morgan fingerprint density at radius 3 is 2.68 bits per heavy atom. The lowest BCUT2D eigenvalue weighted by Crippen LogP contribution is -2.48. The molecule has 168 valence electrons. The third kappa shape index (κ3) is 5.69. The van der Waals surface area contributed by atoms with Gasteiger partial charge in [0.2, 0.25) is 0 Å². The molecular weight excluding hydrogens is 435 g/mol. The van der Waals surface area contributed by atoms with Gasteiger partial charge in [0.15, 0.2) is 0 Å². The zero-order valence-corrected chi connectivity index (χ0v) is 20.0. The van der Waals surface area contributed by atoms with E-state index in [1.54, 1.807) is 24.4 Å². The van der Waals surface area contributed by atoms with Crippen molar-refractivity contribution in [3.05, 3.63) is 51.8 Å². The van der Waals surface area contributed by atoms with E-state index >= 15 is 0 Å². The predicted molar refractivity (Wildman–Crippen MR) is 126 cm³/mol. The summed E-state index contributed by atoms with van der Waals surface area (Å²) >= 11 is 13.2. The Morgan fingerprint density at radius 2 is 2.00 bits per heavy atom. The van der Waals surface area contributed by atoms with Gasteiger partial charge in [-0.15, -0.1) is 0 Å². The molecule has 1 aliphatic heterocycles. The molecule has 3 rings (SSSR count). The summed E-state index contributed by atoms with van der Waals surface area (Å²) in [7, 11) is 5.61. The van der Waals surface area contributed by atoms with E-state index in [0.717, 1.165) is 48.2 Å². The van der Waals surface area contributed by atoms with Crippen LogP contribution in [0.15, 0.2) is 30.6 Å². The van der Waals surface area contributed by atoms with Gasteiger partial charge in [-0.3, -0.25) is 4.98 Å². The van der Waals surface area contributed by atoms with E-state index < -0.39 is 0 Å². The second-order valence-electron chi connectivity index (χ2n) is 8.16. The Kier molecular flexibility index (Phi) is 8.17. The highest BCUT2D eigenvalue weighted by Crippen LogP contribution is 2.38. The van der Waals surface area contributed by atoms with Crippen LogP contribution in [0.2, 0.25) is 10.0 Å². The van der Waals surface area contributed by atoms with Crippen molar-refractivity contribution in [2.45, 2.75) is 38.5 Å². The van der Waals surface area contributed by atoms with Gasteiger partial charge in [0.1, 0.15) is 0 Å². The first-order valence-electron chi connectivity index (χ1n) is 10.4. The summed E-state index contributed by atoms with van der Waals surface area (Å²) in [5.74, 6) is 0. The number of urea groups is 1. The minimum absolute atomic E-state index is 0.102. The van der Waals surface area contributed by atoms with Crippen molar-refractivity contribution in [1.29, 1.82) is 0 Å². The highest BCUT2D eigenvalue weighted by Gasteiger charge is 2.25. The molecule has 1 aromatic heterocycles. The van der Waals surface area contributed by atoms with Gasteiger partial charge in [0.25, 0.3) is 0 Å². The van der Waals surface area contributed by atoms with Crippen LogP contribution in [-0.2, 0) is 11.3 Å². The first-order valence-corrected chi connectivity index (χ1v) is 11.2. The molecule has 8 heteroatoms. The average Bonchev–Trinajstić information content (AvgIpc) is 2.76. The summed E-state index contributed by atoms with van der Waals surface area (Å²) < 4.78 is 5.18. The summed E-state index contributed by atoms with van der Waals surface area (Å²) in [6.07, 6.45) is 5.46. The number of carbonyl (C=O) groups excluding carboxylic acids is 1. The lowest BCUT2D eigenvalue weighted by Gasteiger charge is -2.35. The van der Waals surface area contributed by atoms with Crippen LogP contribution in [-0.4, -0.2) is 61.2 Å². The van der Waals surface area contributed by atoms with E-state index in [1.165, 1.54) is 0 Å². The van der Waals surface area contributed by atoms with Crippen molar-refractivity contribution in [3.8, 4) is 11.1 Å². The number of carbonyl (C=O) groups is 1. The SMILES string of the molecule is COCc1cncc(-c2ccc(C(C)NC(=O)N(C)C3CCN(C)CC3)c(Cl)c2Cl)c1. The number of piperidine rings is 1. The van der Waals surface area contributed by atoms with Gasteiger partial charge in [-0.05, 0) is 57.1 Å². The highest BCUT2D eigenvalue weighted by atomic mass is 35.5. The number of benzene rings is 1. The number of pyridine rings is 1. The van der Waals surface area contributed by atoms with Gasteiger partial charge in [0.05, 0.1) is 22.7 Å². The van der Waals surface area contributed by atoms with Gasteiger partial charge in [-0.25, -0.2) is 4.79 Å². The minimum atomic E-state index is -0.279. The Labute approximate surface area is 194 Å². The molecule has 1 saturated heterocycles. The Bertz CT molecular complexity index is 916. The van der Waals surface area contributed by atoms with Crippen LogP contribution in [0.1, 0.15) is 36.9 Å². The first-order chi connectivity index (χ1) is 14.8. The fourth-order valence-electron chi connectivity index (χ4n) is 3.92. The third-order valence-corrected chi connectivity index (χ3v) is 6.79. The van der Waals surface area contributed by atoms with Crippen molar-refractivity contribution in [1.82, 2.24) is 20.1 Å². The molecule has 1 aliphatic rings. The van der Waals surface area contributed by atoms with Crippen LogP contribution in [0.4, 0.5) is 4.79 Å². The lowest BCUT2D eigenvalue weighted by molar-refractivity contribution is 0.146. The molecule has 0 radical (unpaired) electrons. The highest BCUT2D eigenvalue weighted by molar-refractivity contribution is 6.44. The Balaban J connectivity index is 1.73. The normalized spacial score (nSPS) is 16.2. The quantitative estimate of drug-likeness (QED) is 0.653. The number of nitrogens with zero attached hydrogens (tertiary/aromatic N) is 3. The van der Waals surface area contributed by atoms with E-state index in [0.29, 0.717) is 16.7 Å². The molecule has 0 aliphatic carbocycles. The fraction of sp³-hybridized carbons (Fsp3) is 0.478. The van der Waals surface area contributed by atoms with Crippen molar-refractivity contribution in [3.63, 3.8) is 0 Å². The number of hydrogen-bond acceptors (Lipinski definition) is 4. The van der Waals surface area contributed by atoms with Crippen molar-refractivity contribution in [2.75, 3.05) is 34.3 Å². The maximum Gasteiger partial charge on any atom is 0.317 e. The number of hydrogen-bond donors (Lipinski definition) is 1. The molecule has 31 heavy (non-hydrogen) atoms. The number of amides is 2. The van der Waals surface area contributed by atoms with Crippen LogP contribution < -0.4 is 5.32 Å². The molecule has 1 atom stereocenters. The molecule has 2 amide bonds. The average molecular weight is 465 g/mol. The van der Waals surface area contributed by atoms with Gasteiger partial charge in [-0.1, -0.05) is 35.3 Å². The van der Waals surface area contributed by atoms with E-state index in [1.807, 2.05) is 32.2 Å². The second kappa shape index (κ2) is 10.6. The van der Waals surface area contributed by atoms with E-state index in [2.05, 4.69) is 22.2 Å². The number of methoxy groups -OCH3 is 1. The van der Waals surface area contributed by atoms with Crippen molar-refractivity contribution in [2.24, 2.45) is 0 Å². The Hall–Kier alpha value is -1.86. The number of nitrogens with one attached hydrogen (secondary N) is 1. The lowest BCUT2D eigenvalue weighted by atomic mass is 10.0. The zero-order chi connectivity index (χ0) is 22.5. The number of halogens is 2. The minimum Gasteiger partial charge on any atom is -0.380 e. The molecule has 1 N–H and O–H groups in total. The second-order valence-corrected chi connectivity index (χ2v) is 8.92. The van der Waals surface area contributed by atoms with Crippen LogP contribution in [0.3, 0.4) is 0 Å². The maximum atomic E-state index is 12.8. The standard InChI is InChI=1S/C23H30Cl2N4O2/c1-15(27-23(30)29(3)18-7-9-28(2)10-8-18)19-5-6-20(22(25)21(19)24)17-11-16(14-31-4)12-26-13-17/h5-6,11-13,15,18H,7-10,14H2,1-4H3,(H,27,30). The zero-order valence-electron chi connectivity index (χ0n) is 18.5. The molecule has 1 aromatic carbocycles. The molecule has 1 fully saturated rings. The summed E-state index contributed by atoms with van der Waals surface area (Å²) in [4.78, 5) is 21.2. The van der Waals surface area contributed by atoms with Crippen LogP contribution in [0.25, 0.3) is 11.1 Å². The molecule has 0 bridgehead atoms. The smallest absolute Gasteiger partial charge is 0.317 e. The molecular formula is C23H30Cl2N4O2. The van der Waals surface area contributed by atoms with Gasteiger partial charge in [-0.2, -0.15) is 0 Å². The molecule has 0 saturated carbocycles. The number of aromatic nitrogens is 1. The van der Waals surface area contributed by atoms with E-state index in [-0.39, 0.29) is 18.1 Å². The summed E-state index contributed by atoms with van der Waals surface area (Å²) in [6, 6.07) is 5.67. The largest absolute Gasteiger partial charge is 0.380 e. The van der Waals surface area contributed by atoms with Crippen molar-refractivity contribution < 1.29 is 9.53 Å². The summed E-state index contributed by atoms with van der Waals surface area (Å²) in [6.45, 7) is 4.39. The topological polar surface area (TPSA) is 57.7 Å². The van der Waals surface area contributed by atoms with Crippen LogP contribution in [0, 0.1) is 0 Å². The predicted octanol–water partition coefficient (Wildman–Crippen LogP) is 5.00. The Morgan fingerprint density at radius 1 is 1.29 bits per heavy atom.